The number of aliphatic hydroxyl groups excluding tert-OH is 2. The van der Waals surface area contributed by atoms with Gasteiger partial charge in [-0.2, -0.15) is 0 Å². The van der Waals surface area contributed by atoms with Crippen LogP contribution in [0.3, 0.4) is 0 Å². The van der Waals surface area contributed by atoms with Crippen molar-refractivity contribution in [2.24, 2.45) is 0 Å². The van der Waals surface area contributed by atoms with Crippen molar-refractivity contribution in [1.82, 2.24) is 0 Å². The number of ether oxygens (including phenoxy) is 1. The van der Waals surface area contributed by atoms with Gasteiger partial charge in [-0.25, -0.2) is 0 Å². The molecule has 0 aliphatic carbocycles. The molecule has 5 N–H and O–H groups in total. The Labute approximate surface area is 186 Å². The molecule has 0 saturated carbocycles. The normalized spacial score (nSPS) is 17.2. The Morgan fingerprint density at radius 1 is 0.969 bits per heavy atom. The van der Waals surface area contributed by atoms with Crippen LogP contribution in [0.5, 0.6) is 23.0 Å². The number of hydrogen-bond acceptors (Lipinski definition) is 7. The summed E-state index contributed by atoms with van der Waals surface area (Å²) in [7, 11) is 0. The molecule has 0 radical (unpaired) electrons. The molecule has 1 aliphatic heterocycles. The third-order valence-electron chi connectivity index (χ3n) is 5.70. The number of phenols is 3. The first-order chi connectivity index (χ1) is 15.0. The minimum Gasteiger partial charge on any atom is -0.508 e. The van der Waals surface area contributed by atoms with Gasteiger partial charge in [-0.1, -0.05) is 36.4 Å². The van der Waals surface area contributed by atoms with Crippen molar-refractivity contribution in [2.45, 2.75) is 51.4 Å². The number of rotatable bonds is 7. The van der Waals surface area contributed by atoms with Gasteiger partial charge in [-0.05, 0) is 31.5 Å². The molecule has 2 aromatic carbocycles. The van der Waals surface area contributed by atoms with Gasteiger partial charge >= 0.3 is 0 Å². The molecule has 2 aromatic rings. The maximum atomic E-state index is 13.1. The Balaban J connectivity index is 2.16. The molecule has 3 rings (SSSR count). The number of aromatic hydroxyl groups is 3. The number of phenolic OH excluding ortho intramolecular Hbond substituents is 3. The first-order valence-electron chi connectivity index (χ1n) is 10.3. The topological polar surface area (TPSA) is 127 Å². The molecular weight excluding hydrogens is 412 g/mol. The standard InChI is InChI=1S/C25H28O7/c1-12(2)18(27)9-16-23(30)17(10-19(28)13(3)4)25-22(24(16)31)20(29)11-21(32-25)14-5-7-15(26)8-6-14/h5-8,18-19,21,26-28,30-31H,1,3,9-11H2,2,4H3. The highest BCUT2D eigenvalue weighted by Crippen LogP contribution is 2.49. The average Bonchev–Trinajstić information content (AvgIpc) is 2.73. The van der Waals surface area contributed by atoms with Crippen LogP contribution in [-0.4, -0.2) is 43.5 Å². The minimum absolute atomic E-state index is 0.0109. The van der Waals surface area contributed by atoms with E-state index in [-0.39, 0.29) is 53.2 Å². The van der Waals surface area contributed by atoms with E-state index in [1.165, 1.54) is 12.1 Å². The van der Waals surface area contributed by atoms with E-state index in [0.717, 1.165) is 0 Å². The van der Waals surface area contributed by atoms with Crippen molar-refractivity contribution >= 4 is 5.78 Å². The van der Waals surface area contributed by atoms with Crippen LogP contribution in [-0.2, 0) is 12.8 Å². The van der Waals surface area contributed by atoms with E-state index >= 15 is 0 Å². The average molecular weight is 440 g/mol. The number of carbonyl (C=O) groups excluding carboxylic acids is 1. The zero-order valence-corrected chi connectivity index (χ0v) is 18.1. The summed E-state index contributed by atoms with van der Waals surface area (Å²) in [6.07, 6.45) is -3.11. The van der Waals surface area contributed by atoms with Gasteiger partial charge in [-0.15, -0.1) is 0 Å². The Kier molecular flexibility index (Phi) is 6.62. The number of benzene rings is 2. The monoisotopic (exact) mass is 440 g/mol. The van der Waals surface area contributed by atoms with Gasteiger partial charge in [-0.3, -0.25) is 4.79 Å². The van der Waals surface area contributed by atoms with E-state index in [4.69, 9.17) is 4.74 Å². The van der Waals surface area contributed by atoms with Gasteiger partial charge in [0.1, 0.15) is 34.7 Å². The number of Topliss-reactive ketones (excluding diaryl/α,β-unsaturated/α-hetero) is 1. The zero-order chi connectivity index (χ0) is 23.7. The second-order valence-corrected chi connectivity index (χ2v) is 8.32. The summed E-state index contributed by atoms with van der Waals surface area (Å²) in [4.78, 5) is 13.1. The third kappa shape index (κ3) is 4.49. The van der Waals surface area contributed by atoms with Crippen LogP contribution >= 0.6 is 0 Å². The van der Waals surface area contributed by atoms with Gasteiger partial charge in [0, 0.05) is 24.0 Å². The van der Waals surface area contributed by atoms with E-state index in [9.17, 15) is 30.3 Å². The first-order valence-corrected chi connectivity index (χ1v) is 10.3. The lowest BCUT2D eigenvalue weighted by atomic mass is 9.87. The Hall–Kier alpha value is -3.29. The van der Waals surface area contributed by atoms with Crippen LogP contribution in [0.4, 0.5) is 0 Å². The highest BCUT2D eigenvalue weighted by atomic mass is 16.5. The zero-order valence-electron chi connectivity index (χ0n) is 18.1. The number of carbonyl (C=O) groups is 1. The summed E-state index contributed by atoms with van der Waals surface area (Å²) < 4.78 is 6.07. The molecule has 1 aliphatic rings. The van der Waals surface area contributed by atoms with Crippen molar-refractivity contribution in [3.8, 4) is 23.0 Å². The molecule has 7 heteroatoms. The molecule has 0 fully saturated rings. The maximum Gasteiger partial charge on any atom is 0.174 e. The van der Waals surface area contributed by atoms with E-state index in [0.29, 0.717) is 16.7 Å². The predicted octanol–water partition coefficient (Wildman–Crippen LogP) is 3.47. The first kappa shape index (κ1) is 23.4. The van der Waals surface area contributed by atoms with Crippen LogP contribution < -0.4 is 4.74 Å². The predicted molar refractivity (Wildman–Crippen MR) is 119 cm³/mol. The molecule has 0 spiro atoms. The molecule has 3 atom stereocenters. The highest BCUT2D eigenvalue weighted by molar-refractivity contribution is 6.04. The van der Waals surface area contributed by atoms with Crippen molar-refractivity contribution in [3.05, 3.63) is 70.8 Å². The Morgan fingerprint density at radius 3 is 2.03 bits per heavy atom. The lowest BCUT2D eigenvalue weighted by Crippen LogP contribution is -2.24. The van der Waals surface area contributed by atoms with Crippen molar-refractivity contribution in [3.63, 3.8) is 0 Å². The quantitative estimate of drug-likeness (QED) is 0.417. The van der Waals surface area contributed by atoms with Gasteiger partial charge in [0.15, 0.2) is 5.78 Å². The Morgan fingerprint density at radius 2 is 1.50 bits per heavy atom. The minimum atomic E-state index is -1.05. The largest absolute Gasteiger partial charge is 0.508 e. The summed E-state index contributed by atoms with van der Waals surface area (Å²) in [6.45, 7) is 10.6. The molecule has 32 heavy (non-hydrogen) atoms. The van der Waals surface area contributed by atoms with Crippen LogP contribution in [0.25, 0.3) is 0 Å². The van der Waals surface area contributed by atoms with Crippen LogP contribution in [0.1, 0.15) is 53.4 Å². The second kappa shape index (κ2) is 9.06. The molecule has 0 aromatic heterocycles. The summed E-state index contributed by atoms with van der Waals surface area (Å²) in [5.74, 6) is -1.17. The van der Waals surface area contributed by atoms with Crippen LogP contribution in [0, 0.1) is 0 Å². The third-order valence-corrected chi connectivity index (χ3v) is 5.70. The summed E-state index contributed by atoms with van der Waals surface area (Å²) in [5, 5.41) is 52.1. The fraction of sp³-hybridized carbons (Fsp3) is 0.320. The van der Waals surface area contributed by atoms with E-state index in [2.05, 4.69) is 13.2 Å². The molecule has 0 amide bonds. The van der Waals surface area contributed by atoms with Gasteiger partial charge < -0.3 is 30.3 Å². The molecule has 1 heterocycles. The number of hydrogen-bond donors (Lipinski definition) is 5. The fourth-order valence-electron chi connectivity index (χ4n) is 3.65. The molecule has 0 saturated heterocycles. The highest BCUT2D eigenvalue weighted by Gasteiger charge is 2.36. The van der Waals surface area contributed by atoms with Gasteiger partial charge in [0.05, 0.1) is 18.6 Å². The molecule has 0 bridgehead atoms. The van der Waals surface area contributed by atoms with Gasteiger partial charge in [0.25, 0.3) is 0 Å². The molecule has 170 valence electrons. The number of ketones is 1. The van der Waals surface area contributed by atoms with E-state index in [1.54, 1.807) is 26.0 Å². The summed E-state index contributed by atoms with van der Waals surface area (Å²) >= 11 is 0. The summed E-state index contributed by atoms with van der Waals surface area (Å²) in [6, 6.07) is 6.19. The van der Waals surface area contributed by atoms with Crippen molar-refractivity contribution in [1.29, 1.82) is 0 Å². The maximum absolute atomic E-state index is 13.1. The lowest BCUT2D eigenvalue weighted by Gasteiger charge is -2.30. The van der Waals surface area contributed by atoms with Crippen molar-refractivity contribution in [2.75, 3.05) is 0 Å². The van der Waals surface area contributed by atoms with Crippen molar-refractivity contribution < 1.29 is 35.1 Å². The Bertz CT molecular complexity index is 1070. The second-order valence-electron chi connectivity index (χ2n) is 8.32. The lowest BCUT2D eigenvalue weighted by molar-refractivity contribution is 0.0838. The number of aliphatic hydroxyl groups is 2. The van der Waals surface area contributed by atoms with Crippen LogP contribution in [0.15, 0.2) is 48.6 Å². The van der Waals surface area contributed by atoms with E-state index < -0.39 is 29.8 Å². The van der Waals surface area contributed by atoms with E-state index in [1.807, 2.05) is 0 Å². The SMILES string of the molecule is C=C(C)C(O)Cc1c(O)c(CC(O)C(=C)C)c2c(c1O)C(=O)CC(c1ccc(O)cc1)O2. The fourth-order valence-corrected chi connectivity index (χ4v) is 3.65. The molecule has 7 nitrogen and oxygen atoms in total. The summed E-state index contributed by atoms with van der Waals surface area (Å²) in [5.41, 5.74) is 1.56. The smallest absolute Gasteiger partial charge is 0.174 e. The molecule has 3 unspecified atom stereocenters. The van der Waals surface area contributed by atoms with Gasteiger partial charge in [0.2, 0.25) is 0 Å². The number of fused-ring (bicyclic) bond motifs is 1. The van der Waals surface area contributed by atoms with Crippen LogP contribution in [0.2, 0.25) is 0 Å². The molecular formula is C25H28O7.